The van der Waals surface area contributed by atoms with Crippen LogP contribution in [0.25, 0.3) is 0 Å². The highest BCUT2D eigenvalue weighted by molar-refractivity contribution is 5.36. The van der Waals surface area contributed by atoms with E-state index in [0.717, 1.165) is 13.0 Å². The molecule has 1 aromatic rings. The molecular formula is C17H28N2. The van der Waals surface area contributed by atoms with Gasteiger partial charge in [-0.3, -0.25) is 0 Å². The second-order valence-electron chi connectivity index (χ2n) is 6.18. The predicted molar refractivity (Wildman–Crippen MR) is 82.6 cm³/mol. The fourth-order valence-corrected chi connectivity index (χ4v) is 3.02. The molecule has 0 atom stereocenters. The van der Waals surface area contributed by atoms with Crippen molar-refractivity contribution < 1.29 is 0 Å². The summed E-state index contributed by atoms with van der Waals surface area (Å²) in [6.45, 7) is 7.70. The van der Waals surface area contributed by atoms with E-state index in [9.17, 15) is 0 Å². The van der Waals surface area contributed by atoms with Gasteiger partial charge in [-0.05, 0) is 81.7 Å². The van der Waals surface area contributed by atoms with Crippen LogP contribution in [0.1, 0.15) is 47.9 Å². The third kappa shape index (κ3) is 4.05. The van der Waals surface area contributed by atoms with Crippen molar-refractivity contribution in [1.82, 2.24) is 5.32 Å². The summed E-state index contributed by atoms with van der Waals surface area (Å²) in [5.74, 6) is 0. The van der Waals surface area contributed by atoms with Crippen LogP contribution in [-0.2, 0) is 6.42 Å². The van der Waals surface area contributed by atoms with Gasteiger partial charge in [-0.15, -0.1) is 0 Å². The molecule has 0 spiro atoms. The molecule has 1 fully saturated rings. The van der Waals surface area contributed by atoms with Crippen molar-refractivity contribution in [3.05, 3.63) is 34.4 Å². The fraction of sp³-hybridized carbons (Fsp3) is 0.647. The van der Waals surface area contributed by atoms with Crippen molar-refractivity contribution in [2.75, 3.05) is 6.54 Å². The molecule has 1 aliphatic rings. The molecule has 0 aromatic heterocycles. The Balaban J connectivity index is 1.81. The molecule has 2 heteroatoms. The van der Waals surface area contributed by atoms with E-state index in [-0.39, 0.29) is 0 Å². The summed E-state index contributed by atoms with van der Waals surface area (Å²) < 4.78 is 0. The largest absolute Gasteiger partial charge is 0.328 e. The predicted octanol–water partition coefficient (Wildman–Crippen LogP) is 3.01. The summed E-state index contributed by atoms with van der Waals surface area (Å²) in [5, 5.41) is 3.70. The van der Waals surface area contributed by atoms with E-state index in [0.29, 0.717) is 12.1 Å². The molecule has 3 N–H and O–H groups in total. The Labute approximate surface area is 117 Å². The molecule has 0 heterocycles. The van der Waals surface area contributed by atoms with Crippen LogP contribution >= 0.6 is 0 Å². The van der Waals surface area contributed by atoms with Crippen LogP contribution in [0, 0.1) is 20.8 Å². The Morgan fingerprint density at radius 2 is 1.63 bits per heavy atom. The van der Waals surface area contributed by atoms with E-state index >= 15 is 0 Å². The lowest BCUT2D eigenvalue weighted by Crippen LogP contribution is -2.38. The monoisotopic (exact) mass is 260 g/mol. The van der Waals surface area contributed by atoms with E-state index < -0.39 is 0 Å². The minimum absolute atomic E-state index is 0.444. The van der Waals surface area contributed by atoms with Crippen LogP contribution in [0.3, 0.4) is 0 Å². The van der Waals surface area contributed by atoms with Gasteiger partial charge in [-0.25, -0.2) is 0 Å². The Kier molecular flexibility index (Phi) is 5.00. The number of nitrogens with one attached hydrogen (secondary N) is 1. The van der Waals surface area contributed by atoms with Crippen molar-refractivity contribution >= 4 is 0 Å². The lowest BCUT2D eigenvalue weighted by molar-refractivity contribution is 0.344. The first-order valence-electron chi connectivity index (χ1n) is 7.62. The maximum absolute atomic E-state index is 5.94. The lowest BCUT2D eigenvalue weighted by atomic mass is 9.91. The van der Waals surface area contributed by atoms with Crippen molar-refractivity contribution in [3.63, 3.8) is 0 Å². The topological polar surface area (TPSA) is 38.0 Å². The van der Waals surface area contributed by atoms with Crippen molar-refractivity contribution in [2.45, 2.75) is 65.0 Å². The third-order valence-electron chi connectivity index (χ3n) is 4.55. The molecule has 1 aromatic carbocycles. The number of aryl methyl sites for hydroxylation is 3. The van der Waals surface area contributed by atoms with Crippen LogP contribution in [0.4, 0.5) is 0 Å². The zero-order chi connectivity index (χ0) is 13.8. The quantitative estimate of drug-likeness (QED) is 0.873. The number of rotatable bonds is 4. The summed E-state index contributed by atoms with van der Waals surface area (Å²) in [6, 6.07) is 5.79. The standard InChI is InChI=1S/C17H28N2/c1-12-10-14(3)15(11-13(12)2)8-9-19-17-6-4-16(18)5-7-17/h10-11,16-17,19H,4-9,18H2,1-3H3. The van der Waals surface area contributed by atoms with Gasteiger partial charge < -0.3 is 11.1 Å². The Morgan fingerprint density at radius 1 is 1.00 bits per heavy atom. The normalized spacial score (nSPS) is 23.6. The maximum atomic E-state index is 5.94. The van der Waals surface area contributed by atoms with E-state index in [2.05, 4.69) is 38.2 Å². The summed E-state index contributed by atoms with van der Waals surface area (Å²) in [4.78, 5) is 0. The van der Waals surface area contributed by atoms with Crippen LogP contribution in [0.5, 0.6) is 0 Å². The van der Waals surface area contributed by atoms with Gasteiger partial charge >= 0.3 is 0 Å². The van der Waals surface area contributed by atoms with Crippen molar-refractivity contribution in [3.8, 4) is 0 Å². The lowest BCUT2D eigenvalue weighted by Gasteiger charge is -2.27. The molecular weight excluding hydrogens is 232 g/mol. The van der Waals surface area contributed by atoms with Crippen molar-refractivity contribution in [2.24, 2.45) is 5.73 Å². The van der Waals surface area contributed by atoms with Gasteiger partial charge in [0, 0.05) is 12.1 Å². The number of hydrogen-bond donors (Lipinski definition) is 2. The minimum Gasteiger partial charge on any atom is -0.328 e. The van der Waals surface area contributed by atoms with Crippen LogP contribution in [-0.4, -0.2) is 18.6 Å². The van der Waals surface area contributed by atoms with E-state index in [1.54, 1.807) is 0 Å². The van der Waals surface area contributed by atoms with Crippen LogP contribution in [0.15, 0.2) is 12.1 Å². The summed E-state index contributed by atoms with van der Waals surface area (Å²) in [6.07, 6.45) is 5.98. The number of nitrogens with two attached hydrogens (primary N) is 1. The highest BCUT2D eigenvalue weighted by Gasteiger charge is 2.17. The Morgan fingerprint density at radius 3 is 2.32 bits per heavy atom. The Bertz CT molecular complexity index is 418. The van der Waals surface area contributed by atoms with Gasteiger partial charge in [-0.1, -0.05) is 12.1 Å². The molecule has 1 saturated carbocycles. The smallest absolute Gasteiger partial charge is 0.00683 e. The maximum Gasteiger partial charge on any atom is 0.00683 e. The second-order valence-corrected chi connectivity index (χ2v) is 6.18. The average molecular weight is 260 g/mol. The van der Waals surface area contributed by atoms with Gasteiger partial charge in [0.25, 0.3) is 0 Å². The summed E-state index contributed by atoms with van der Waals surface area (Å²) in [5.41, 5.74) is 11.7. The fourth-order valence-electron chi connectivity index (χ4n) is 3.02. The molecule has 0 saturated heterocycles. The first kappa shape index (κ1) is 14.5. The second kappa shape index (κ2) is 6.53. The molecule has 19 heavy (non-hydrogen) atoms. The van der Waals surface area contributed by atoms with E-state index in [1.165, 1.54) is 47.9 Å². The molecule has 0 bridgehead atoms. The molecule has 0 unspecified atom stereocenters. The first-order chi connectivity index (χ1) is 9.06. The van der Waals surface area contributed by atoms with Gasteiger partial charge in [0.2, 0.25) is 0 Å². The number of benzene rings is 1. The molecule has 1 aliphatic carbocycles. The summed E-state index contributed by atoms with van der Waals surface area (Å²) >= 11 is 0. The van der Waals surface area contributed by atoms with Crippen LogP contribution in [0.2, 0.25) is 0 Å². The van der Waals surface area contributed by atoms with Gasteiger partial charge in [0.15, 0.2) is 0 Å². The molecule has 106 valence electrons. The highest BCUT2D eigenvalue weighted by Crippen LogP contribution is 2.18. The molecule has 2 rings (SSSR count). The van der Waals surface area contributed by atoms with Gasteiger partial charge in [0.05, 0.1) is 0 Å². The molecule has 0 aliphatic heterocycles. The summed E-state index contributed by atoms with van der Waals surface area (Å²) in [7, 11) is 0. The highest BCUT2D eigenvalue weighted by atomic mass is 14.9. The number of hydrogen-bond acceptors (Lipinski definition) is 2. The minimum atomic E-state index is 0.444. The van der Waals surface area contributed by atoms with E-state index in [1.807, 2.05) is 0 Å². The first-order valence-corrected chi connectivity index (χ1v) is 7.62. The zero-order valence-electron chi connectivity index (χ0n) is 12.6. The third-order valence-corrected chi connectivity index (χ3v) is 4.55. The average Bonchev–Trinajstić information content (AvgIpc) is 2.38. The molecule has 0 amide bonds. The SMILES string of the molecule is Cc1cc(C)c(CCNC2CCC(N)CC2)cc1C. The van der Waals surface area contributed by atoms with Gasteiger partial charge in [0.1, 0.15) is 0 Å². The van der Waals surface area contributed by atoms with E-state index in [4.69, 9.17) is 5.73 Å². The Hall–Kier alpha value is -0.860. The van der Waals surface area contributed by atoms with Gasteiger partial charge in [-0.2, -0.15) is 0 Å². The zero-order valence-corrected chi connectivity index (χ0v) is 12.6. The molecule has 2 nitrogen and oxygen atoms in total. The molecule has 0 radical (unpaired) electrons. The van der Waals surface area contributed by atoms with Crippen molar-refractivity contribution in [1.29, 1.82) is 0 Å². The van der Waals surface area contributed by atoms with Crippen LogP contribution < -0.4 is 11.1 Å².